The van der Waals surface area contributed by atoms with Crippen LogP contribution in [-0.4, -0.2) is 17.1 Å². The van der Waals surface area contributed by atoms with Gasteiger partial charge in [0.1, 0.15) is 5.75 Å². The largest absolute Gasteiger partial charge is 0.496 e. The lowest BCUT2D eigenvalue weighted by Crippen LogP contribution is -2.07. The summed E-state index contributed by atoms with van der Waals surface area (Å²) in [5.74, 6) is 0.931. The van der Waals surface area contributed by atoms with E-state index in [0.29, 0.717) is 0 Å². The van der Waals surface area contributed by atoms with E-state index in [-0.39, 0.29) is 0 Å². The molecule has 0 atom stereocenters. The predicted octanol–water partition coefficient (Wildman–Crippen LogP) is 4.46. The van der Waals surface area contributed by atoms with Gasteiger partial charge in [0.15, 0.2) is 0 Å². The highest BCUT2D eigenvalue weighted by atomic mass is 16.5. The fourth-order valence-corrected chi connectivity index (χ4v) is 3.51. The van der Waals surface area contributed by atoms with E-state index in [1.165, 1.54) is 24.0 Å². The molecule has 0 spiro atoms. The summed E-state index contributed by atoms with van der Waals surface area (Å²) in [6.07, 6.45) is 6.66. The van der Waals surface area contributed by atoms with Crippen LogP contribution in [0.25, 0.3) is 11.3 Å². The summed E-state index contributed by atoms with van der Waals surface area (Å²) < 4.78 is 5.70. The lowest BCUT2D eigenvalue weighted by atomic mass is 9.89. The summed E-state index contributed by atoms with van der Waals surface area (Å²) >= 11 is 0. The number of hydrogen-bond donors (Lipinski definition) is 0. The molecule has 1 heterocycles. The van der Waals surface area contributed by atoms with Crippen LogP contribution in [0.4, 0.5) is 0 Å². The first kappa shape index (κ1) is 16.0. The van der Waals surface area contributed by atoms with Crippen LogP contribution in [0.15, 0.2) is 12.1 Å². The van der Waals surface area contributed by atoms with Crippen LogP contribution in [0.2, 0.25) is 0 Å². The minimum atomic E-state index is 0.882. The number of fused-ring (bicyclic) bond motifs is 1. The maximum absolute atomic E-state index is 5.70. The fraction of sp³-hybridized carbons (Fsp3) is 0.500. The second-order valence-electron chi connectivity index (χ2n) is 6.29. The Morgan fingerprint density at radius 2 is 1.61 bits per heavy atom. The molecule has 1 aromatic carbocycles. The van der Waals surface area contributed by atoms with Crippen LogP contribution in [0.1, 0.15) is 54.9 Å². The Balaban J connectivity index is 2.21. The first-order valence-electron chi connectivity index (χ1n) is 8.74. The topological polar surface area (TPSA) is 35.0 Å². The van der Waals surface area contributed by atoms with Crippen molar-refractivity contribution in [2.75, 3.05) is 7.11 Å². The second kappa shape index (κ2) is 6.69. The van der Waals surface area contributed by atoms with Gasteiger partial charge in [0.2, 0.25) is 0 Å². The molecule has 1 aliphatic rings. The average Bonchev–Trinajstić information content (AvgIpc) is 2.60. The molecule has 0 bridgehead atoms. The molecule has 0 saturated carbocycles. The van der Waals surface area contributed by atoms with Gasteiger partial charge in [-0.25, -0.2) is 4.98 Å². The standard InChI is InChI=1S/C20H26N2O/c1-5-17-13(3)21-18(6-2)20(22-17)16-11-14-9-7-8-10-15(14)12-19(16)23-4/h11-12H,5-10H2,1-4H3. The molecule has 122 valence electrons. The summed E-state index contributed by atoms with van der Waals surface area (Å²) in [6.45, 7) is 6.33. The lowest BCUT2D eigenvalue weighted by Gasteiger charge is -2.20. The molecule has 0 fully saturated rings. The third-order valence-electron chi connectivity index (χ3n) is 4.83. The number of benzene rings is 1. The monoisotopic (exact) mass is 310 g/mol. The van der Waals surface area contributed by atoms with Crippen molar-refractivity contribution in [1.82, 2.24) is 9.97 Å². The van der Waals surface area contributed by atoms with Crippen molar-refractivity contribution in [1.29, 1.82) is 0 Å². The van der Waals surface area contributed by atoms with Gasteiger partial charge in [-0.2, -0.15) is 0 Å². The number of ether oxygens (including phenoxy) is 1. The quantitative estimate of drug-likeness (QED) is 0.836. The Morgan fingerprint density at radius 1 is 0.957 bits per heavy atom. The van der Waals surface area contributed by atoms with E-state index < -0.39 is 0 Å². The first-order valence-corrected chi connectivity index (χ1v) is 8.74. The van der Waals surface area contributed by atoms with Crippen molar-refractivity contribution in [3.05, 3.63) is 40.3 Å². The molecular weight excluding hydrogens is 284 g/mol. The van der Waals surface area contributed by atoms with Crippen molar-refractivity contribution >= 4 is 0 Å². The van der Waals surface area contributed by atoms with Crippen molar-refractivity contribution < 1.29 is 4.74 Å². The van der Waals surface area contributed by atoms with Gasteiger partial charge in [0.25, 0.3) is 0 Å². The molecule has 0 aliphatic heterocycles. The van der Waals surface area contributed by atoms with E-state index in [4.69, 9.17) is 14.7 Å². The first-order chi connectivity index (χ1) is 11.2. The number of hydrogen-bond acceptors (Lipinski definition) is 3. The zero-order valence-corrected chi connectivity index (χ0v) is 14.7. The Labute approximate surface area is 139 Å². The van der Waals surface area contributed by atoms with Crippen LogP contribution in [0.3, 0.4) is 0 Å². The zero-order valence-electron chi connectivity index (χ0n) is 14.7. The average molecular weight is 310 g/mol. The van der Waals surface area contributed by atoms with E-state index >= 15 is 0 Å². The molecule has 1 aliphatic carbocycles. The molecule has 23 heavy (non-hydrogen) atoms. The SMILES string of the molecule is CCc1nc(-c2cc3c(cc2OC)CCCC3)c(CC)nc1C. The van der Waals surface area contributed by atoms with Crippen LogP contribution in [0, 0.1) is 6.92 Å². The van der Waals surface area contributed by atoms with Gasteiger partial charge in [-0.1, -0.05) is 13.8 Å². The van der Waals surface area contributed by atoms with Crippen molar-refractivity contribution in [3.63, 3.8) is 0 Å². The molecule has 3 rings (SSSR count). The smallest absolute Gasteiger partial charge is 0.128 e. The maximum Gasteiger partial charge on any atom is 0.128 e. The molecule has 1 aromatic heterocycles. The molecule has 3 heteroatoms. The summed E-state index contributed by atoms with van der Waals surface area (Å²) in [4.78, 5) is 9.76. The molecule has 0 saturated heterocycles. The van der Waals surface area contributed by atoms with Gasteiger partial charge in [0, 0.05) is 5.56 Å². The Hall–Kier alpha value is -1.90. The number of nitrogens with zero attached hydrogens (tertiary/aromatic N) is 2. The van der Waals surface area contributed by atoms with Gasteiger partial charge < -0.3 is 4.74 Å². The van der Waals surface area contributed by atoms with Crippen molar-refractivity contribution in [2.24, 2.45) is 0 Å². The van der Waals surface area contributed by atoms with Gasteiger partial charge in [-0.05, 0) is 68.7 Å². The predicted molar refractivity (Wildman–Crippen MR) is 94.2 cm³/mol. The zero-order chi connectivity index (χ0) is 16.4. The summed E-state index contributed by atoms with van der Waals surface area (Å²) in [6, 6.07) is 4.52. The summed E-state index contributed by atoms with van der Waals surface area (Å²) in [5, 5.41) is 0. The highest BCUT2D eigenvalue weighted by molar-refractivity contribution is 5.71. The van der Waals surface area contributed by atoms with Gasteiger partial charge in [0.05, 0.1) is 29.9 Å². The Morgan fingerprint density at radius 3 is 2.22 bits per heavy atom. The molecule has 0 radical (unpaired) electrons. The normalized spacial score (nSPS) is 13.7. The van der Waals surface area contributed by atoms with Crippen LogP contribution >= 0.6 is 0 Å². The third-order valence-corrected chi connectivity index (χ3v) is 4.83. The van der Waals surface area contributed by atoms with Crippen LogP contribution in [-0.2, 0) is 25.7 Å². The molecule has 3 nitrogen and oxygen atoms in total. The maximum atomic E-state index is 5.70. The van der Waals surface area contributed by atoms with Crippen LogP contribution in [0.5, 0.6) is 5.75 Å². The van der Waals surface area contributed by atoms with E-state index in [9.17, 15) is 0 Å². The second-order valence-corrected chi connectivity index (χ2v) is 6.29. The van der Waals surface area contributed by atoms with E-state index in [1.54, 1.807) is 7.11 Å². The highest BCUT2D eigenvalue weighted by Crippen LogP contribution is 2.36. The molecule has 0 amide bonds. The number of aromatic nitrogens is 2. The third kappa shape index (κ3) is 2.97. The Kier molecular flexibility index (Phi) is 4.65. The van der Waals surface area contributed by atoms with E-state index in [2.05, 4.69) is 32.9 Å². The summed E-state index contributed by atoms with van der Waals surface area (Å²) in [5.41, 5.74) is 8.18. The van der Waals surface area contributed by atoms with E-state index in [1.807, 2.05) is 0 Å². The Bertz CT molecular complexity index is 722. The molecule has 2 aromatic rings. The number of rotatable bonds is 4. The highest BCUT2D eigenvalue weighted by Gasteiger charge is 2.19. The molecule has 0 unspecified atom stereocenters. The fourth-order valence-electron chi connectivity index (χ4n) is 3.51. The number of aryl methyl sites for hydroxylation is 5. The van der Waals surface area contributed by atoms with Crippen molar-refractivity contribution in [3.8, 4) is 17.0 Å². The van der Waals surface area contributed by atoms with Crippen molar-refractivity contribution in [2.45, 2.75) is 59.3 Å². The summed E-state index contributed by atoms with van der Waals surface area (Å²) in [7, 11) is 1.75. The lowest BCUT2D eigenvalue weighted by molar-refractivity contribution is 0.415. The minimum absolute atomic E-state index is 0.882. The van der Waals surface area contributed by atoms with Gasteiger partial charge >= 0.3 is 0 Å². The molecular formula is C20H26N2O. The van der Waals surface area contributed by atoms with Gasteiger partial charge in [-0.15, -0.1) is 0 Å². The van der Waals surface area contributed by atoms with Crippen LogP contribution < -0.4 is 4.74 Å². The van der Waals surface area contributed by atoms with E-state index in [0.717, 1.165) is 59.8 Å². The molecule has 0 N–H and O–H groups in total. The minimum Gasteiger partial charge on any atom is -0.496 e. The van der Waals surface area contributed by atoms with Gasteiger partial charge in [-0.3, -0.25) is 4.98 Å². The number of methoxy groups -OCH3 is 1.